The number of ether oxygens (including phenoxy) is 4. The molecule has 40 heavy (non-hydrogen) atoms. The summed E-state index contributed by atoms with van der Waals surface area (Å²) in [5.41, 5.74) is 1.34. The first-order valence-electron chi connectivity index (χ1n) is 10.8. The molecule has 0 spiro atoms. The predicted octanol–water partition coefficient (Wildman–Crippen LogP) is -2.82. The maximum Gasteiger partial charge on any atom is 1.00 e. The minimum Gasteiger partial charge on any atom is -0.780 e. The Morgan fingerprint density at radius 2 is 1.27 bits per heavy atom. The van der Waals surface area contributed by atoms with Crippen LogP contribution in [0.5, 0.6) is 34.5 Å². The van der Waals surface area contributed by atoms with Gasteiger partial charge in [0.25, 0.3) is 0 Å². The van der Waals surface area contributed by atoms with Gasteiger partial charge in [0.05, 0.1) is 28.4 Å². The average Bonchev–Trinajstić information content (AvgIpc) is 2.87. The fourth-order valence-electron chi connectivity index (χ4n) is 3.38. The van der Waals surface area contributed by atoms with Crippen LogP contribution in [0.25, 0.3) is 12.2 Å². The van der Waals surface area contributed by atoms with Crippen molar-refractivity contribution in [1.29, 1.82) is 0 Å². The summed E-state index contributed by atoms with van der Waals surface area (Å²) in [4.78, 5) is 23.0. The molecule has 0 aliphatic heterocycles. The molecule has 0 unspecified atom stereocenters. The second-order valence-corrected chi connectivity index (χ2v) is 10.3. The van der Waals surface area contributed by atoms with E-state index in [9.17, 15) is 22.8 Å². The van der Waals surface area contributed by atoms with Crippen molar-refractivity contribution in [3.63, 3.8) is 0 Å². The Hall–Kier alpha value is -1.70. The van der Waals surface area contributed by atoms with Crippen LogP contribution in [0.2, 0.25) is 0 Å². The molecule has 0 aliphatic carbocycles. The zero-order chi connectivity index (χ0) is 28.1. The van der Waals surface area contributed by atoms with Gasteiger partial charge < -0.3 is 42.0 Å². The first-order chi connectivity index (χ1) is 17.9. The number of rotatable bonds is 11. The number of hydrogen-bond acceptors (Lipinski definition) is 11. The van der Waals surface area contributed by atoms with Gasteiger partial charge in [-0.05, 0) is 48.9 Å². The molecule has 0 N–H and O–H groups in total. The van der Waals surface area contributed by atoms with Gasteiger partial charge in [0.2, 0.25) is 11.5 Å². The van der Waals surface area contributed by atoms with Gasteiger partial charge in [-0.25, -0.2) is 0 Å². The molecule has 204 valence electrons. The van der Waals surface area contributed by atoms with E-state index in [1.54, 1.807) is 31.2 Å². The summed E-state index contributed by atoms with van der Waals surface area (Å²) in [5, 5.41) is 0. The topological polar surface area (TPSA) is 153 Å². The van der Waals surface area contributed by atoms with Crippen LogP contribution in [0.3, 0.4) is 0 Å². The summed E-state index contributed by atoms with van der Waals surface area (Å²) in [7, 11) is -4.59. The van der Waals surface area contributed by atoms with Crippen molar-refractivity contribution in [2.45, 2.75) is 11.8 Å². The van der Waals surface area contributed by atoms with Crippen molar-refractivity contribution in [3.05, 3.63) is 65.2 Å². The zero-order valence-corrected chi connectivity index (χ0v) is 28.8. The van der Waals surface area contributed by atoms with E-state index in [0.717, 1.165) is 5.56 Å². The Labute approximate surface area is 277 Å². The van der Waals surface area contributed by atoms with Crippen LogP contribution in [0.4, 0.5) is 0 Å². The second-order valence-electron chi connectivity index (χ2n) is 7.70. The SMILES string of the molecule is COc1cc(/C=C/c2ccc(OC)c(OS(=O)(=O)c3ccc(C)cc3)c2OP(=O)([O-])[O-])cc(OC)c1OC.[Na+].[Na+]. The van der Waals surface area contributed by atoms with Gasteiger partial charge in [0, 0.05) is 5.56 Å². The molecule has 3 aromatic carbocycles. The van der Waals surface area contributed by atoms with Gasteiger partial charge in [0.1, 0.15) is 12.7 Å². The first kappa shape index (κ1) is 36.3. The maximum atomic E-state index is 13.0. The van der Waals surface area contributed by atoms with Crippen molar-refractivity contribution < 1.29 is 110 Å². The quantitative estimate of drug-likeness (QED) is 0.0957. The molecule has 0 heterocycles. The zero-order valence-electron chi connectivity index (χ0n) is 23.1. The Bertz CT molecular complexity index is 1460. The van der Waals surface area contributed by atoms with Crippen molar-refractivity contribution in [3.8, 4) is 34.5 Å². The smallest absolute Gasteiger partial charge is 0.780 e. The number of aryl methyl sites for hydroxylation is 1. The average molecular weight is 610 g/mol. The maximum absolute atomic E-state index is 13.0. The molecule has 11 nitrogen and oxygen atoms in total. The molecule has 0 atom stereocenters. The molecule has 0 saturated heterocycles. The van der Waals surface area contributed by atoms with E-state index in [0.29, 0.717) is 22.8 Å². The molecule has 0 bridgehead atoms. The summed E-state index contributed by atoms with van der Waals surface area (Å²) in [5.74, 6) is -0.404. The van der Waals surface area contributed by atoms with E-state index in [-0.39, 0.29) is 75.3 Å². The van der Waals surface area contributed by atoms with Crippen molar-refractivity contribution >= 4 is 30.1 Å². The number of methoxy groups -OCH3 is 4. The van der Waals surface area contributed by atoms with Crippen molar-refractivity contribution in [1.82, 2.24) is 0 Å². The third kappa shape index (κ3) is 9.15. The van der Waals surface area contributed by atoms with Crippen LogP contribution >= 0.6 is 7.82 Å². The van der Waals surface area contributed by atoms with Crippen molar-refractivity contribution in [2.24, 2.45) is 0 Å². The van der Waals surface area contributed by atoms with Gasteiger partial charge >= 0.3 is 69.2 Å². The Morgan fingerprint density at radius 1 is 0.725 bits per heavy atom. The minimum atomic E-state index is -5.67. The third-order valence-corrected chi connectivity index (χ3v) is 6.82. The molecule has 0 fully saturated rings. The summed E-state index contributed by atoms with van der Waals surface area (Å²) in [6.45, 7) is 1.77. The number of hydrogen-bond donors (Lipinski definition) is 0. The monoisotopic (exact) mass is 610 g/mol. The summed E-state index contributed by atoms with van der Waals surface area (Å²) >= 11 is 0. The van der Waals surface area contributed by atoms with Crippen LogP contribution in [-0.4, -0.2) is 36.9 Å². The Morgan fingerprint density at radius 3 is 1.75 bits per heavy atom. The standard InChI is InChI=1S/C25H27O11PS.2Na/c1-16-6-11-19(12-7-16)38(29,30)36-25-20(31-2)13-10-18(23(25)35-37(26,27)28)9-8-17-14-21(32-3)24(34-5)22(15-17)33-4;;/h6-15H,1-5H3,(H2,26,27,28);;/q;2*+1/p-2/b9-8+;;. The van der Waals surface area contributed by atoms with Crippen molar-refractivity contribution in [2.75, 3.05) is 28.4 Å². The molecule has 15 heteroatoms. The van der Waals surface area contributed by atoms with E-state index < -0.39 is 29.4 Å². The largest absolute Gasteiger partial charge is 1.00 e. The summed E-state index contributed by atoms with van der Waals surface area (Å²) in [6.07, 6.45) is 2.91. The van der Waals surface area contributed by atoms with Crippen LogP contribution in [0.1, 0.15) is 16.7 Å². The molecule has 0 saturated carbocycles. The van der Waals surface area contributed by atoms with E-state index in [1.807, 2.05) is 0 Å². The summed E-state index contributed by atoms with van der Waals surface area (Å²) < 4.78 is 68.6. The van der Waals surface area contributed by atoms with E-state index in [4.69, 9.17) is 23.1 Å². The first-order valence-corrected chi connectivity index (χ1v) is 13.7. The molecule has 0 radical (unpaired) electrons. The second kappa shape index (κ2) is 15.5. The van der Waals surface area contributed by atoms with E-state index in [2.05, 4.69) is 4.52 Å². The van der Waals surface area contributed by atoms with Crippen LogP contribution in [0.15, 0.2) is 53.4 Å². The summed E-state index contributed by atoms with van der Waals surface area (Å²) in [6, 6.07) is 11.7. The van der Waals surface area contributed by atoms with Gasteiger partial charge in [-0.2, -0.15) is 8.42 Å². The minimum absolute atomic E-state index is 0. The molecular weight excluding hydrogens is 585 g/mol. The number of phosphoric ester groups is 1. The van der Waals surface area contributed by atoms with Crippen LogP contribution in [0, 0.1) is 6.92 Å². The number of phosphoric acid groups is 1. The van der Waals surface area contributed by atoms with Crippen LogP contribution in [-0.2, 0) is 14.7 Å². The Kier molecular flexibility index (Phi) is 14.1. The predicted molar refractivity (Wildman–Crippen MR) is 135 cm³/mol. The van der Waals surface area contributed by atoms with Gasteiger partial charge in [-0.1, -0.05) is 29.8 Å². The van der Waals surface area contributed by atoms with E-state index >= 15 is 0 Å². The van der Waals surface area contributed by atoms with Crippen LogP contribution < -0.4 is 96.6 Å². The number of benzene rings is 3. The molecule has 3 rings (SSSR count). The fraction of sp³-hybridized carbons (Fsp3) is 0.200. The molecule has 0 amide bonds. The molecule has 0 aliphatic rings. The van der Waals surface area contributed by atoms with Gasteiger partial charge in [0.15, 0.2) is 23.0 Å². The Balaban J connectivity index is 0.00000400. The molecule has 0 aromatic heterocycles. The van der Waals surface area contributed by atoms with E-state index in [1.165, 1.54) is 64.9 Å². The molecule has 3 aromatic rings. The fourth-order valence-corrected chi connectivity index (χ4v) is 4.74. The molecular formula is C25H25Na2O11PS. The third-order valence-electron chi connectivity index (χ3n) is 5.17. The van der Waals surface area contributed by atoms with Gasteiger partial charge in [-0.3, -0.25) is 0 Å². The van der Waals surface area contributed by atoms with Gasteiger partial charge in [-0.15, -0.1) is 0 Å². The normalized spacial score (nSPS) is 11.2.